The van der Waals surface area contributed by atoms with Crippen molar-refractivity contribution in [1.82, 2.24) is 0 Å². The molecule has 0 unspecified atom stereocenters. The Balaban J connectivity index is 1.88. The maximum atomic E-state index is 13.0. The Morgan fingerprint density at radius 1 is 1.15 bits per heavy atom. The first-order valence-electron chi connectivity index (χ1n) is 8.17. The molecule has 0 saturated carbocycles. The molecule has 7 heteroatoms. The van der Waals surface area contributed by atoms with Crippen molar-refractivity contribution in [2.24, 2.45) is 0 Å². The van der Waals surface area contributed by atoms with E-state index in [1.54, 1.807) is 17.0 Å². The third kappa shape index (κ3) is 3.99. The highest BCUT2D eigenvalue weighted by molar-refractivity contribution is 5.98. The largest absolute Gasteiger partial charge is 0.573 e. The van der Waals surface area contributed by atoms with Gasteiger partial charge in [0, 0.05) is 19.3 Å². The number of carbonyl (C=O) groups is 1. The molecule has 138 valence electrons. The summed E-state index contributed by atoms with van der Waals surface area (Å²) in [6.07, 6.45) is -4.28. The molecule has 0 radical (unpaired) electrons. The molecule has 1 heterocycles. The number of ether oxygens (including phenoxy) is 2. The molecule has 4 nitrogen and oxygen atoms in total. The van der Waals surface area contributed by atoms with Gasteiger partial charge in [-0.2, -0.15) is 0 Å². The number of halogens is 3. The fourth-order valence-electron chi connectivity index (χ4n) is 3.15. The number of anilines is 1. The second-order valence-electron chi connectivity index (χ2n) is 5.96. The Morgan fingerprint density at radius 2 is 1.88 bits per heavy atom. The summed E-state index contributed by atoms with van der Waals surface area (Å²) in [5.41, 5.74) is 1.96. The van der Waals surface area contributed by atoms with E-state index in [-0.39, 0.29) is 11.7 Å². The summed E-state index contributed by atoms with van der Waals surface area (Å²) in [5.74, 6) is -0.527. The molecule has 0 aliphatic carbocycles. The number of amides is 1. The molecular formula is C19H18F3NO3. The van der Waals surface area contributed by atoms with Gasteiger partial charge in [0.2, 0.25) is 0 Å². The lowest BCUT2D eigenvalue weighted by Crippen LogP contribution is -2.39. The lowest BCUT2D eigenvalue weighted by atomic mass is 9.99. The number of benzene rings is 2. The molecule has 1 amide bonds. The minimum absolute atomic E-state index is 0.246. The summed E-state index contributed by atoms with van der Waals surface area (Å²) in [7, 11) is 1.46. The topological polar surface area (TPSA) is 38.8 Å². The predicted molar refractivity (Wildman–Crippen MR) is 90.0 cm³/mol. The number of methoxy groups -OCH3 is 1. The summed E-state index contributed by atoms with van der Waals surface area (Å²) in [4.78, 5) is 14.6. The summed E-state index contributed by atoms with van der Waals surface area (Å²) in [6, 6.07) is 13.1. The first-order valence-corrected chi connectivity index (χ1v) is 8.17. The van der Waals surface area contributed by atoms with E-state index in [4.69, 9.17) is 4.74 Å². The molecular weight excluding hydrogens is 347 g/mol. The number of rotatable bonds is 4. The lowest BCUT2D eigenvalue weighted by Gasteiger charge is -2.32. The second-order valence-corrected chi connectivity index (χ2v) is 5.96. The van der Waals surface area contributed by atoms with E-state index < -0.39 is 12.5 Å². The van der Waals surface area contributed by atoms with E-state index in [0.717, 1.165) is 5.56 Å². The van der Waals surface area contributed by atoms with E-state index in [1.165, 1.54) is 25.3 Å². The number of alkyl halides is 3. The van der Waals surface area contributed by atoms with E-state index in [2.05, 4.69) is 4.74 Å². The van der Waals surface area contributed by atoms with Crippen molar-refractivity contribution in [1.29, 1.82) is 0 Å². The van der Waals surface area contributed by atoms with Crippen molar-refractivity contribution in [3.8, 4) is 5.75 Å². The van der Waals surface area contributed by atoms with Gasteiger partial charge < -0.3 is 14.4 Å². The molecule has 2 aromatic rings. The Bertz CT molecular complexity index is 777. The fraction of sp³-hybridized carbons (Fsp3) is 0.316. The smallest absolute Gasteiger partial charge is 0.406 e. The standard InChI is InChI=1S/C19H18F3NO3/c1-25-17(13-6-3-2-4-7-13)18(24)23-11-5-8-14-12-15(9-10-16(14)23)26-19(20,21)22/h2-4,6-7,9-10,12,17H,5,8,11H2,1H3/t17-/m0/s1. The van der Waals surface area contributed by atoms with Gasteiger partial charge in [-0.05, 0) is 42.2 Å². The molecule has 0 N–H and O–H groups in total. The quantitative estimate of drug-likeness (QED) is 0.813. The molecule has 0 spiro atoms. The van der Waals surface area contributed by atoms with Crippen LogP contribution in [0.3, 0.4) is 0 Å². The molecule has 1 aliphatic heterocycles. The van der Waals surface area contributed by atoms with Crippen LogP contribution in [0, 0.1) is 0 Å². The van der Waals surface area contributed by atoms with Crippen LogP contribution < -0.4 is 9.64 Å². The van der Waals surface area contributed by atoms with Crippen LogP contribution in [0.5, 0.6) is 5.75 Å². The first-order chi connectivity index (χ1) is 12.4. The van der Waals surface area contributed by atoms with Gasteiger partial charge in [0.05, 0.1) is 0 Å². The molecule has 2 aromatic carbocycles. The van der Waals surface area contributed by atoms with Crippen LogP contribution in [0.4, 0.5) is 18.9 Å². The van der Waals surface area contributed by atoms with Crippen LogP contribution in [0.15, 0.2) is 48.5 Å². The third-order valence-electron chi connectivity index (χ3n) is 4.23. The van der Waals surface area contributed by atoms with Crippen LogP contribution in [-0.4, -0.2) is 25.9 Å². The Kier molecular flexibility index (Phi) is 5.18. The molecule has 1 aliphatic rings. The second kappa shape index (κ2) is 7.37. The van der Waals surface area contributed by atoms with Gasteiger partial charge in [0.25, 0.3) is 5.91 Å². The zero-order valence-electron chi connectivity index (χ0n) is 14.1. The summed E-state index contributed by atoms with van der Waals surface area (Å²) in [5, 5.41) is 0. The molecule has 0 bridgehead atoms. The third-order valence-corrected chi connectivity index (χ3v) is 4.23. The van der Waals surface area contributed by atoms with E-state index >= 15 is 0 Å². The number of fused-ring (bicyclic) bond motifs is 1. The van der Waals surface area contributed by atoms with Gasteiger partial charge in [-0.25, -0.2) is 0 Å². The van der Waals surface area contributed by atoms with Gasteiger partial charge in [0.1, 0.15) is 5.75 Å². The van der Waals surface area contributed by atoms with Crippen molar-refractivity contribution in [3.05, 3.63) is 59.7 Å². The van der Waals surface area contributed by atoms with E-state index in [1.807, 2.05) is 18.2 Å². The Hall–Kier alpha value is -2.54. The SMILES string of the molecule is CO[C@H](C(=O)N1CCCc2cc(OC(F)(F)F)ccc21)c1ccccc1. The normalized spacial score (nSPS) is 15.3. The minimum Gasteiger partial charge on any atom is -0.406 e. The van der Waals surface area contributed by atoms with Gasteiger partial charge in [-0.1, -0.05) is 30.3 Å². The number of hydrogen-bond acceptors (Lipinski definition) is 3. The Morgan fingerprint density at radius 3 is 2.54 bits per heavy atom. The summed E-state index contributed by atoms with van der Waals surface area (Å²) >= 11 is 0. The molecule has 0 fully saturated rings. The molecule has 0 aromatic heterocycles. The number of aryl methyl sites for hydroxylation is 1. The number of nitrogens with zero attached hydrogens (tertiary/aromatic N) is 1. The lowest BCUT2D eigenvalue weighted by molar-refractivity contribution is -0.274. The van der Waals surface area contributed by atoms with Gasteiger partial charge in [-0.3, -0.25) is 4.79 Å². The highest BCUT2D eigenvalue weighted by atomic mass is 19.4. The van der Waals surface area contributed by atoms with Gasteiger partial charge >= 0.3 is 6.36 Å². The molecule has 3 rings (SSSR count). The highest BCUT2D eigenvalue weighted by Gasteiger charge is 2.33. The summed E-state index contributed by atoms with van der Waals surface area (Å²) < 4.78 is 46.6. The van der Waals surface area contributed by atoms with Crippen LogP contribution in [0.2, 0.25) is 0 Å². The monoisotopic (exact) mass is 365 g/mol. The average Bonchev–Trinajstić information content (AvgIpc) is 2.61. The van der Waals surface area contributed by atoms with E-state index in [0.29, 0.717) is 30.6 Å². The van der Waals surface area contributed by atoms with Gasteiger partial charge in [0.15, 0.2) is 6.10 Å². The highest BCUT2D eigenvalue weighted by Crippen LogP contribution is 2.34. The fourth-order valence-corrected chi connectivity index (χ4v) is 3.15. The zero-order chi connectivity index (χ0) is 18.7. The van der Waals surface area contributed by atoms with Crippen molar-refractivity contribution in [2.45, 2.75) is 25.3 Å². The maximum Gasteiger partial charge on any atom is 0.573 e. The molecule has 1 atom stereocenters. The van der Waals surface area contributed by atoms with Crippen molar-refractivity contribution < 1.29 is 27.4 Å². The molecule has 0 saturated heterocycles. The van der Waals surface area contributed by atoms with Crippen LogP contribution in [0.1, 0.15) is 23.7 Å². The maximum absolute atomic E-state index is 13.0. The van der Waals surface area contributed by atoms with E-state index in [9.17, 15) is 18.0 Å². The van der Waals surface area contributed by atoms with Crippen molar-refractivity contribution >= 4 is 11.6 Å². The van der Waals surface area contributed by atoms with Gasteiger partial charge in [-0.15, -0.1) is 13.2 Å². The average molecular weight is 365 g/mol. The van der Waals surface area contributed by atoms with Crippen molar-refractivity contribution in [2.75, 3.05) is 18.6 Å². The zero-order valence-corrected chi connectivity index (χ0v) is 14.1. The minimum atomic E-state index is -4.74. The van der Waals surface area contributed by atoms with Crippen LogP contribution >= 0.6 is 0 Å². The predicted octanol–water partition coefficient (Wildman–Crippen LogP) is 4.25. The first kappa shape index (κ1) is 18.3. The number of carbonyl (C=O) groups excluding carboxylic acids is 1. The molecule has 26 heavy (non-hydrogen) atoms. The summed E-state index contributed by atoms with van der Waals surface area (Å²) in [6.45, 7) is 0.484. The van der Waals surface area contributed by atoms with Crippen LogP contribution in [-0.2, 0) is 16.0 Å². The number of hydrogen-bond donors (Lipinski definition) is 0. The Labute approximate surface area is 149 Å². The van der Waals surface area contributed by atoms with Crippen molar-refractivity contribution in [3.63, 3.8) is 0 Å². The van der Waals surface area contributed by atoms with Crippen LogP contribution in [0.25, 0.3) is 0 Å².